The fourth-order valence-corrected chi connectivity index (χ4v) is 7.96. The number of phenols is 1. The fourth-order valence-electron chi connectivity index (χ4n) is 7.96. The standard InChI is InChI=1S/C33H30N2O9/c1-13-20-18(17-9-8-14(12-36)15-6-4-5-7-16(15)17)10-11-19(37)22(20)27(38)23-21(13)28(39)25-26(35(2)3)29(40)24(32(34)43)31(42)33(25,44)30(23)41/h4-13,21,23-26,28,37,39,44H,1-3H3,(H2,34,43)/t13-,21+,23?,24?,25+,26-,28-,33-/m1/s1. The third-order valence-electron chi connectivity index (χ3n) is 9.84. The van der Waals surface area contributed by atoms with Crippen LogP contribution >= 0.6 is 0 Å². The number of nitrogens with two attached hydrogens (primary N) is 1. The van der Waals surface area contributed by atoms with Gasteiger partial charge in [0, 0.05) is 11.5 Å². The summed E-state index contributed by atoms with van der Waals surface area (Å²) in [6.07, 6.45) is -1.01. The van der Waals surface area contributed by atoms with Gasteiger partial charge in [0.05, 0.1) is 29.5 Å². The SMILES string of the molecule is C[C@@H]1c2c(-c3ccc(C=O)c4ccccc34)ccc(O)c2C(=O)C2C(=O)[C@@]3(O)C(=O)C(C(N)=O)C(=O)[C@H](N(C)C)[C@H]3[C@H](O)[C@H]21. The van der Waals surface area contributed by atoms with Crippen molar-refractivity contribution in [3.63, 3.8) is 0 Å². The Morgan fingerprint density at radius 3 is 2.20 bits per heavy atom. The van der Waals surface area contributed by atoms with E-state index in [1.165, 1.54) is 25.1 Å². The smallest absolute Gasteiger partial charge is 0.235 e. The molecule has 0 bridgehead atoms. The van der Waals surface area contributed by atoms with Crippen LogP contribution in [0, 0.1) is 23.7 Å². The van der Waals surface area contributed by atoms with Crippen LogP contribution in [0.25, 0.3) is 21.9 Å². The molecule has 11 nitrogen and oxygen atoms in total. The van der Waals surface area contributed by atoms with Gasteiger partial charge in [-0.05, 0) is 53.5 Å². The molecule has 0 radical (unpaired) electrons. The number of hydrogen-bond donors (Lipinski definition) is 4. The highest BCUT2D eigenvalue weighted by molar-refractivity contribution is 6.32. The molecule has 0 aromatic heterocycles. The van der Waals surface area contributed by atoms with E-state index >= 15 is 0 Å². The molecule has 5 N–H and O–H groups in total. The number of carbonyl (C=O) groups excluding carboxylic acids is 6. The zero-order valence-electron chi connectivity index (χ0n) is 24.1. The number of Topliss-reactive ketones (excluding diaryl/α,β-unsaturated/α-hetero) is 4. The van der Waals surface area contributed by atoms with Crippen LogP contribution in [-0.2, 0) is 19.2 Å². The molecule has 2 saturated carbocycles. The Balaban J connectivity index is 1.60. The van der Waals surface area contributed by atoms with Crippen molar-refractivity contribution in [2.45, 2.75) is 30.6 Å². The van der Waals surface area contributed by atoms with E-state index < -0.39 is 82.1 Å². The van der Waals surface area contributed by atoms with Crippen LogP contribution in [-0.4, -0.2) is 87.4 Å². The third-order valence-corrected chi connectivity index (χ3v) is 9.84. The highest BCUT2D eigenvalue weighted by Gasteiger charge is 2.73. The average molecular weight is 599 g/mol. The first-order valence-corrected chi connectivity index (χ1v) is 14.1. The molecule has 11 heteroatoms. The Morgan fingerprint density at radius 1 is 0.955 bits per heavy atom. The first-order valence-electron chi connectivity index (χ1n) is 14.1. The molecular weight excluding hydrogens is 568 g/mol. The van der Waals surface area contributed by atoms with Crippen LogP contribution in [0.4, 0.5) is 0 Å². The molecule has 2 fully saturated rings. The zero-order valence-corrected chi connectivity index (χ0v) is 24.1. The summed E-state index contributed by atoms with van der Waals surface area (Å²) in [5.74, 6) is -14.0. The van der Waals surface area contributed by atoms with Crippen molar-refractivity contribution < 1.29 is 44.1 Å². The van der Waals surface area contributed by atoms with Crippen LogP contribution in [0.1, 0.15) is 39.1 Å². The summed E-state index contributed by atoms with van der Waals surface area (Å²) < 4.78 is 0. The molecule has 3 aliphatic carbocycles. The molecule has 2 unspecified atom stereocenters. The van der Waals surface area contributed by atoms with E-state index in [9.17, 15) is 44.1 Å². The summed E-state index contributed by atoms with van der Waals surface area (Å²) in [4.78, 5) is 80.6. The van der Waals surface area contributed by atoms with Crippen molar-refractivity contribution in [3.8, 4) is 16.9 Å². The van der Waals surface area contributed by atoms with Crippen LogP contribution in [0.15, 0.2) is 48.5 Å². The topological polar surface area (TPSA) is 192 Å². The second-order valence-corrected chi connectivity index (χ2v) is 12.2. The van der Waals surface area contributed by atoms with Crippen LogP contribution in [0.5, 0.6) is 5.75 Å². The summed E-state index contributed by atoms with van der Waals surface area (Å²) in [6.45, 7) is 1.66. The summed E-state index contributed by atoms with van der Waals surface area (Å²) in [6, 6.07) is 12.0. The Hall–Kier alpha value is -4.58. The number of hydrogen-bond acceptors (Lipinski definition) is 10. The largest absolute Gasteiger partial charge is 0.507 e. The number of aldehydes is 1. The third kappa shape index (κ3) is 3.66. The lowest BCUT2D eigenvalue weighted by atomic mass is 9.49. The summed E-state index contributed by atoms with van der Waals surface area (Å²) in [5, 5.41) is 36.1. The Kier molecular flexibility index (Phi) is 6.69. The molecule has 1 amide bonds. The normalized spacial score (nSPS) is 31.5. The van der Waals surface area contributed by atoms with Crippen molar-refractivity contribution >= 4 is 46.1 Å². The monoisotopic (exact) mass is 598 g/mol. The number of fused-ring (bicyclic) bond motifs is 4. The Bertz CT molecular complexity index is 1830. The van der Waals surface area contributed by atoms with Gasteiger partial charge in [0.15, 0.2) is 40.9 Å². The Morgan fingerprint density at radius 2 is 1.59 bits per heavy atom. The van der Waals surface area contributed by atoms with Gasteiger partial charge in [0.1, 0.15) is 5.75 Å². The maximum absolute atomic E-state index is 14.2. The predicted molar refractivity (Wildman–Crippen MR) is 156 cm³/mol. The van der Waals surface area contributed by atoms with Gasteiger partial charge in [-0.25, -0.2) is 0 Å². The Labute approximate surface area is 251 Å². The van der Waals surface area contributed by atoms with E-state index in [0.717, 1.165) is 6.29 Å². The molecule has 0 saturated heterocycles. The molecule has 0 spiro atoms. The lowest BCUT2D eigenvalue weighted by molar-refractivity contribution is -0.196. The maximum atomic E-state index is 14.2. The molecule has 44 heavy (non-hydrogen) atoms. The van der Waals surface area contributed by atoms with Crippen LogP contribution in [0.2, 0.25) is 0 Å². The van der Waals surface area contributed by atoms with Crippen LogP contribution in [0.3, 0.4) is 0 Å². The first-order chi connectivity index (χ1) is 20.8. The van der Waals surface area contributed by atoms with Crippen molar-refractivity contribution in [1.82, 2.24) is 4.90 Å². The van der Waals surface area contributed by atoms with Crippen molar-refractivity contribution in [1.29, 1.82) is 0 Å². The number of ketones is 4. The van der Waals surface area contributed by atoms with Gasteiger partial charge >= 0.3 is 0 Å². The van der Waals surface area contributed by atoms with Gasteiger partial charge in [-0.2, -0.15) is 0 Å². The number of likely N-dealkylation sites (N-methyl/N-ethyl adjacent to an activating group) is 1. The number of rotatable bonds is 4. The minimum Gasteiger partial charge on any atom is -0.507 e. The molecule has 0 heterocycles. The van der Waals surface area contributed by atoms with Crippen molar-refractivity contribution in [2.24, 2.45) is 29.4 Å². The van der Waals surface area contributed by atoms with E-state index in [0.29, 0.717) is 33.0 Å². The number of primary amides is 1. The minimum absolute atomic E-state index is 0.197. The number of aromatic hydroxyl groups is 1. The second-order valence-electron chi connectivity index (χ2n) is 12.2. The second kappa shape index (κ2) is 9.98. The lowest BCUT2D eigenvalue weighted by Gasteiger charge is -2.56. The van der Waals surface area contributed by atoms with Gasteiger partial charge in [0.2, 0.25) is 5.91 Å². The highest BCUT2D eigenvalue weighted by Crippen LogP contribution is 2.56. The van der Waals surface area contributed by atoms with Gasteiger partial charge in [-0.15, -0.1) is 0 Å². The summed E-state index contributed by atoms with van der Waals surface area (Å²) in [5.41, 5.74) is 4.03. The highest BCUT2D eigenvalue weighted by atomic mass is 16.3. The number of nitrogens with zero attached hydrogens (tertiary/aromatic N) is 1. The number of aliphatic hydroxyl groups is 2. The quantitative estimate of drug-likeness (QED) is 0.249. The molecule has 226 valence electrons. The van der Waals surface area contributed by atoms with E-state index in [1.807, 2.05) is 6.07 Å². The molecule has 6 rings (SSSR count). The fraction of sp³-hybridized carbons (Fsp3) is 0.333. The summed E-state index contributed by atoms with van der Waals surface area (Å²) in [7, 11) is 2.88. The molecule has 3 aromatic rings. The predicted octanol–water partition coefficient (Wildman–Crippen LogP) is 1.03. The summed E-state index contributed by atoms with van der Waals surface area (Å²) >= 11 is 0. The maximum Gasteiger partial charge on any atom is 0.235 e. The van der Waals surface area contributed by atoms with Gasteiger partial charge in [-0.1, -0.05) is 49.4 Å². The van der Waals surface area contributed by atoms with Gasteiger partial charge < -0.3 is 21.1 Å². The molecule has 0 aliphatic heterocycles. The number of carbonyl (C=O) groups is 6. The van der Waals surface area contributed by atoms with Gasteiger partial charge in [-0.3, -0.25) is 33.7 Å². The zero-order chi connectivity index (χ0) is 32.0. The number of amides is 1. The minimum atomic E-state index is -3.07. The number of phenolic OH excluding ortho intramolecular Hbond substituents is 1. The van der Waals surface area contributed by atoms with Crippen molar-refractivity contribution in [3.05, 3.63) is 65.2 Å². The van der Waals surface area contributed by atoms with E-state index in [2.05, 4.69) is 0 Å². The number of benzene rings is 3. The molecule has 8 atom stereocenters. The first kappa shape index (κ1) is 29.5. The van der Waals surface area contributed by atoms with Gasteiger partial charge in [0.25, 0.3) is 0 Å². The average Bonchev–Trinajstić information content (AvgIpc) is 2.98. The molecular formula is C33H30N2O9. The number of aliphatic hydroxyl groups excluding tert-OH is 1. The van der Waals surface area contributed by atoms with Crippen LogP contribution < -0.4 is 5.73 Å². The van der Waals surface area contributed by atoms with E-state index in [1.54, 1.807) is 43.3 Å². The van der Waals surface area contributed by atoms with E-state index in [-0.39, 0.29) is 5.56 Å². The van der Waals surface area contributed by atoms with Crippen molar-refractivity contribution in [2.75, 3.05) is 14.1 Å². The molecule has 3 aliphatic rings. The van der Waals surface area contributed by atoms with E-state index in [4.69, 9.17) is 5.73 Å². The lowest BCUT2D eigenvalue weighted by Crippen LogP contribution is -2.77. The molecule has 3 aromatic carbocycles.